The van der Waals surface area contributed by atoms with E-state index >= 15 is 0 Å². The molecule has 1 heterocycles. The van der Waals surface area contributed by atoms with Crippen LogP contribution in [0.4, 0.5) is 0 Å². The first kappa shape index (κ1) is 17.3. The summed E-state index contributed by atoms with van der Waals surface area (Å²) >= 11 is 5.92. The summed E-state index contributed by atoms with van der Waals surface area (Å²) in [6.45, 7) is 3.82. The highest BCUT2D eigenvalue weighted by molar-refractivity contribution is 6.30. The number of carbonyl (C=O) groups excluding carboxylic acids is 2. The number of aryl methyl sites for hydroxylation is 2. The molecule has 1 amide bonds. The summed E-state index contributed by atoms with van der Waals surface area (Å²) in [6.07, 6.45) is 1.55. The van der Waals surface area contributed by atoms with Crippen LogP contribution in [0.5, 0.6) is 0 Å². The fraction of sp³-hybridized carbons (Fsp3) is 0.333. The average Bonchev–Trinajstić information content (AvgIpc) is 2.86. The van der Waals surface area contributed by atoms with Crippen molar-refractivity contribution < 1.29 is 14.0 Å². The molecule has 23 heavy (non-hydrogen) atoms. The van der Waals surface area contributed by atoms with E-state index in [4.69, 9.17) is 16.0 Å². The number of carbonyl (C=O) groups is 2. The molecule has 0 atom stereocenters. The molecule has 0 aliphatic heterocycles. The molecule has 0 unspecified atom stereocenters. The minimum absolute atomic E-state index is 0.0246. The van der Waals surface area contributed by atoms with Crippen molar-refractivity contribution in [2.45, 2.75) is 33.1 Å². The first-order valence-corrected chi connectivity index (χ1v) is 7.95. The van der Waals surface area contributed by atoms with Gasteiger partial charge < -0.3 is 9.73 Å². The van der Waals surface area contributed by atoms with Crippen molar-refractivity contribution in [2.24, 2.45) is 0 Å². The molecule has 122 valence electrons. The average molecular weight is 334 g/mol. The van der Waals surface area contributed by atoms with Gasteiger partial charge in [0.1, 0.15) is 11.5 Å². The highest BCUT2D eigenvalue weighted by atomic mass is 35.5. The maximum Gasteiger partial charge on any atom is 0.220 e. The zero-order valence-electron chi connectivity index (χ0n) is 13.3. The number of benzene rings is 1. The standard InChI is InChI=1S/C18H20ClNO3/c1-12(21)17-11-16(23-13(17)2)6-7-18(22)20-9-8-14-4-3-5-15(19)10-14/h3-5,10-11H,6-9H2,1-2H3,(H,20,22). The van der Waals surface area contributed by atoms with E-state index < -0.39 is 0 Å². The first-order valence-electron chi connectivity index (χ1n) is 7.57. The fourth-order valence-electron chi connectivity index (χ4n) is 2.38. The Morgan fingerprint density at radius 2 is 2.00 bits per heavy atom. The Morgan fingerprint density at radius 3 is 2.65 bits per heavy atom. The number of rotatable bonds is 7. The number of Topliss-reactive ketones (excluding diaryl/α,β-unsaturated/α-hetero) is 1. The predicted octanol–water partition coefficient (Wildman–Crippen LogP) is 3.74. The Balaban J connectivity index is 1.75. The Kier molecular flexibility index (Phi) is 5.99. The van der Waals surface area contributed by atoms with Gasteiger partial charge in [0.25, 0.3) is 0 Å². The van der Waals surface area contributed by atoms with Crippen LogP contribution in [0.25, 0.3) is 0 Å². The monoisotopic (exact) mass is 333 g/mol. The SMILES string of the molecule is CC(=O)c1cc(CCC(=O)NCCc2cccc(Cl)c2)oc1C. The van der Waals surface area contributed by atoms with E-state index in [2.05, 4.69) is 5.32 Å². The van der Waals surface area contributed by atoms with Crippen molar-refractivity contribution in [3.63, 3.8) is 0 Å². The molecule has 0 aliphatic rings. The summed E-state index contributed by atoms with van der Waals surface area (Å²) in [5, 5.41) is 3.57. The zero-order chi connectivity index (χ0) is 16.8. The minimum atomic E-state index is -0.0366. The molecule has 0 bridgehead atoms. The van der Waals surface area contributed by atoms with Crippen LogP contribution in [0.3, 0.4) is 0 Å². The largest absolute Gasteiger partial charge is 0.466 e. The van der Waals surface area contributed by atoms with Crippen LogP contribution in [0, 0.1) is 6.92 Å². The van der Waals surface area contributed by atoms with Gasteiger partial charge in [-0.3, -0.25) is 9.59 Å². The van der Waals surface area contributed by atoms with E-state index in [0.29, 0.717) is 41.5 Å². The van der Waals surface area contributed by atoms with E-state index in [1.807, 2.05) is 24.3 Å². The van der Waals surface area contributed by atoms with Gasteiger partial charge in [0, 0.05) is 24.4 Å². The van der Waals surface area contributed by atoms with Crippen LogP contribution in [-0.4, -0.2) is 18.2 Å². The summed E-state index contributed by atoms with van der Waals surface area (Å²) in [5.74, 6) is 1.21. The molecule has 4 nitrogen and oxygen atoms in total. The lowest BCUT2D eigenvalue weighted by atomic mass is 10.1. The van der Waals surface area contributed by atoms with Crippen molar-refractivity contribution in [1.82, 2.24) is 5.32 Å². The minimum Gasteiger partial charge on any atom is -0.466 e. The summed E-state index contributed by atoms with van der Waals surface area (Å²) in [5.41, 5.74) is 1.67. The molecule has 1 aromatic carbocycles. The molecule has 1 aromatic heterocycles. The number of hydrogen-bond acceptors (Lipinski definition) is 3. The van der Waals surface area contributed by atoms with Crippen LogP contribution >= 0.6 is 11.6 Å². The topological polar surface area (TPSA) is 59.3 Å². The van der Waals surface area contributed by atoms with Gasteiger partial charge in [0.2, 0.25) is 5.91 Å². The second-order valence-electron chi connectivity index (χ2n) is 5.47. The van der Waals surface area contributed by atoms with E-state index in [1.54, 1.807) is 13.0 Å². The molecule has 2 aromatic rings. The van der Waals surface area contributed by atoms with Crippen molar-refractivity contribution in [2.75, 3.05) is 6.54 Å². The summed E-state index contributed by atoms with van der Waals surface area (Å²) in [7, 11) is 0. The third-order valence-corrected chi connectivity index (χ3v) is 3.81. The van der Waals surface area contributed by atoms with Crippen LogP contribution in [0.2, 0.25) is 5.02 Å². The van der Waals surface area contributed by atoms with Crippen molar-refractivity contribution in [1.29, 1.82) is 0 Å². The zero-order valence-corrected chi connectivity index (χ0v) is 14.1. The number of nitrogens with one attached hydrogen (secondary N) is 1. The lowest BCUT2D eigenvalue weighted by Crippen LogP contribution is -2.25. The van der Waals surface area contributed by atoms with Crippen LogP contribution < -0.4 is 5.32 Å². The van der Waals surface area contributed by atoms with Crippen molar-refractivity contribution in [3.8, 4) is 0 Å². The van der Waals surface area contributed by atoms with Gasteiger partial charge in [0.05, 0.1) is 5.56 Å². The van der Waals surface area contributed by atoms with Gasteiger partial charge in [-0.1, -0.05) is 23.7 Å². The van der Waals surface area contributed by atoms with E-state index in [0.717, 1.165) is 12.0 Å². The van der Waals surface area contributed by atoms with Crippen LogP contribution in [0.15, 0.2) is 34.7 Å². The molecule has 5 heteroatoms. The second-order valence-corrected chi connectivity index (χ2v) is 5.91. The molecular formula is C18H20ClNO3. The number of hydrogen-bond donors (Lipinski definition) is 1. The molecule has 2 rings (SSSR count). The highest BCUT2D eigenvalue weighted by Crippen LogP contribution is 2.16. The maximum atomic E-state index is 11.9. The predicted molar refractivity (Wildman–Crippen MR) is 89.9 cm³/mol. The van der Waals surface area contributed by atoms with Gasteiger partial charge in [0.15, 0.2) is 5.78 Å². The molecule has 0 saturated carbocycles. The van der Waals surface area contributed by atoms with Gasteiger partial charge in [-0.05, 0) is 44.0 Å². The molecule has 0 radical (unpaired) electrons. The fourth-order valence-corrected chi connectivity index (χ4v) is 2.59. The van der Waals surface area contributed by atoms with Crippen molar-refractivity contribution >= 4 is 23.3 Å². The molecule has 1 N–H and O–H groups in total. The first-order chi connectivity index (χ1) is 11.0. The van der Waals surface area contributed by atoms with Crippen molar-refractivity contribution in [3.05, 3.63) is 58.0 Å². The van der Waals surface area contributed by atoms with Gasteiger partial charge >= 0.3 is 0 Å². The maximum absolute atomic E-state index is 11.9. The Bertz CT molecular complexity index is 706. The number of ketones is 1. The molecule has 0 spiro atoms. The van der Waals surface area contributed by atoms with E-state index in [-0.39, 0.29) is 11.7 Å². The molecule has 0 fully saturated rings. The van der Waals surface area contributed by atoms with Gasteiger partial charge in [-0.15, -0.1) is 0 Å². The lowest BCUT2D eigenvalue weighted by molar-refractivity contribution is -0.121. The normalized spacial score (nSPS) is 10.6. The number of furan rings is 1. The van der Waals surface area contributed by atoms with E-state index in [9.17, 15) is 9.59 Å². The van der Waals surface area contributed by atoms with Gasteiger partial charge in [-0.2, -0.15) is 0 Å². The number of halogens is 1. The lowest BCUT2D eigenvalue weighted by Gasteiger charge is -2.05. The quantitative estimate of drug-likeness (QED) is 0.785. The second kappa shape index (κ2) is 7.97. The van der Waals surface area contributed by atoms with Crippen LogP contribution in [0.1, 0.15) is 40.8 Å². The Hall–Kier alpha value is -2.07. The van der Waals surface area contributed by atoms with Gasteiger partial charge in [-0.25, -0.2) is 0 Å². The third kappa shape index (κ3) is 5.25. The summed E-state index contributed by atoms with van der Waals surface area (Å²) in [6, 6.07) is 9.31. The highest BCUT2D eigenvalue weighted by Gasteiger charge is 2.12. The Morgan fingerprint density at radius 1 is 1.22 bits per heavy atom. The summed E-state index contributed by atoms with van der Waals surface area (Å²) in [4.78, 5) is 23.2. The summed E-state index contributed by atoms with van der Waals surface area (Å²) < 4.78 is 5.50. The van der Waals surface area contributed by atoms with Crippen LogP contribution in [-0.2, 0) is 17.6 Å². The smallest absolute Gasteiger partial charge is 0.220 e. The molecule has 0 saturated heterocycles. The molecular weight excluding hydrogens is 314 g/mol. The number of amides is 1. The third-order valence-electron chi connectivity index (χ3n) is 3.57. The van der Waals surface area contributed by atoms with E-state index in [1.165, 1.54) is 6.92 Å². The Labute approximate surface area is 140 Å². The molecule has 0 aliphatic carbocycles.